The minimum Gasteiger partial charge on any atom is -0.310 e. The molecule has 0 bridgehead atoms. The van der Waals surface area contributed by atoms with Crippen LogP contribution in [0.15, 0.2) is 364 Å². The zero-order chi connectivity index (χ0) is 97.6. The lowest BCUT2D eigenvalue weighted by Crippen LogP contribution is -2.61. The molecule has 0 unspecified atom stereocenters. The van der Waals surface area contributed by atoms with Gasteiger partial charge in [-0.3, -0.25) is 0 Å². The van der Waals surface area contributed by atoms with E-state index in [1.807, 2.05) is 0 Å². The Morgan fingerprint density at radius 1 is 0.200 bits per heavy atom. The zero-order valence-electron chi connectivity index (χ0n) is 86.0. The van der Waals surface area contributed by atoms with E-state index in [0.29, 0.717) is 0 Å². The van der Waals surface area contributed by atoms with Crippen molar-refractivity contribution in [2.24, 2.45) is 27.1 Å². The molecule has 0 spiro atoms. The Balaban J connectivity index is 0.951. The molecule has 0 N–H and O–H groups in total. The third-order valence-electron chi connectivity index (χ3n) is 28.6. The van der Waals surface area contributed by atoms with E-state index in [0.717, 1.165) is 88.3 Å². The van der Waals surface area contributed by atoms with E-state index >= 15 is 0 Å². The number of hydrogen-bond acceptors (Lipinski definition) is 2. The molecule has 0 saturated heterocycles. The molecule has 5 heteroatoms. The maximum atomic E-state index is 2.85. The molecule has 4 heterocycles. The maximum Gasteiger partial charge on any atom is 0.252 e. The predicted octanol–water partition coefficient (Wildman–Crippen LogP) is 35.8. The summed E-state index contributed by atoms with van der Waals surface area (Å²) in [5.74, 6) is 0. The second-order valence-electron chi connectivity index (χ2n) is 48.5. The molecule has 696 valence electrons. The highest BCUT2D eigenvalue weighted by molar-refractivity contribution is 7.00. The first kappa shape index (κ1) is 92.4. The summed E-state index contributed by atoms with van der Waals surface area (Å²) in [5, 5.41) is 4.81. The third-order valence-corrected chi connectivity index (χ3v) is 28.6. The summed E-state index contributed by atoms with van der Waals surface area (Å²) in [4.78, 5) is 5.69. The van der Waals surface area contributed by atoms with Gasteiger partial charge in [0.05, 0.1) is 33.4 Å². The van der Waals surface area contributed by atoms with E-state index in [4.69, 9.17) is 0 Å². The molecule has 19 aromatic rings. The van der Waals surface area contributed by atoms with Gasteiger partial charge in [-0.1, -0.05) is 400 Å². The van der Waals surface area contributed by atoms with Gasteiger partial charge in [-0.05, 0) is 301 Å². The highest BCUT2D eigenvalue weighted by Gasteiger charge is 2.47. The van der Waals surface area contributed by atoms with Crippen molar-refractivity contribution < 1.29 is 0 Å². The van der Waals surface area contributed by atoms with Gasteiger partial charge in [-0.15, -0.1) is 0 Å². The molecule has 140 heavy (non-hydrogen) atoms. The molecule has 0 amide bonds. The summed E-state index contributed by atoms with van der Waals surface area (Å²) in [5.41, 5.74) is 44.8. The van der Waals surface area contributed by atoms with Gasteiger partial charge in [0.2, 0.25) is 0 Å². The average Bonchev–Trinajstić information content (AvgIpc) is 0.798. The van der Waals surface area contributed by atoms with E-state index in [2.05, 4.69) is 528 Å². The standard InChI is InChI=1S/C135H133BN4/c1-129(2,3)82-87-38-34-50-100(66-87)108-76-104(134(16,17)18)77-109(101-51-35-39-88(67-101)83-130(4,5)6)127(108)139-122-80-106(137-118-62-54-96(92-42-26-22-27-43-92)72-112(118)113-73-97(55-63-119(113)137)93-44-28-23-29-45-93)58-60-116(122)136-117-61-59-107(138-120-64-56-98(94-46-30-24-31-47-94)74-114(120)115-75-99(57-65-121(115)138)95-48-32-25-33-49-95)81-123(117)140(125-71-91(86-133(13,14)15)70-124(139)126(125)136)128-110(102-52-36-40-89(68-102)84-131(7,8)9)78-105(135(19,20)21)79-111(128)103-53-37-41-90(69-103)85-132(10,11)12/h22-81H,82-86H2,1-21H3. The van der Waals surface area contributed by atoms with Crippen LogP contribution in [0.1, 0.15) is 184 Å². The summed E-state index contributed by atoms with van der Waals surface area (Å²) in [6, 6.07) is 143. The van der Waals surface area contributed by atoms with Crippen molar-refractivity contribution in [1.82, 2.24) is 9.13 Å². The summed E-state index contributed by atoms with van der Waals surface area (Å²) >= 11 is 0. The minimum absolute atomic E-state index is 0.0129. The molecule has 21 rings (SSSR count). The molecule has 0 radical (unpaired) electrons. The highest BCUT2D eigenvalue weighted by atomic mass is 15.2. The van der Waals surface area contributed by atoms with Crippen molar-refractivity contribution in [3.05, 3.63) is 403 Å². The topological polar surface area (TPSA) is 16.3 Å². The Labute approximate surface area is 832 Å². The lowest BCUT2D eigenvalue weighted by Gasteiger charge is -2.46. The van der Waals surface area contributed by atoms with Gasteiger partial charge in [0.15, 0.2) is 0 Å². The largest absolute Gasteiger partial charge is 0.310 e. The van der Waals surface area contributed by atoms with Crippen molar-refractivity contribution in [3.63, 3.8) is 0 Å². The highest BCUT2D eigenvalue weighted by Crippen LogP contribution is 2.57. The van der Waals surface area contributed by atoms with Crippen LogP contribution in [0.2, 0.25) is 0 Å². The van der Waals surface area contributed by atoms with Crippen molar-refractivity contribution in [1.29, 1.82) is 0 Å². The maximum absolute atomic E-state index is 2.85. The first-order valence-electron chi connectivity index (χ1n) is 50.9. The summed E-state index contributed by atoms with van der Waals surface area (Å²) in [7, 11) is 0. The van der Waals surface area contributed by atoms with Crippen LogP contribution < -0.4 is 26.2 Å². The Morgan fingerprint density at radius 3 is 0.700 bits per heavy atom. The summed E-state index contributed by atoms with van der Waals surface area (Å²) in [6.45, 7) is 50.1. The second-order valence-corrected chi connectivity index (χ2v) is 48.5. The van der Waals surface area contributed by atoms with Crippen LogP contribution in [0.25, 0.3) is 144 Å². The molecule has 0 saturated carbocycles. The van der Waals surface area contributed by atoms with Gasteiger partial charge < -0.3 is 18.9 Å². The molecule has 0 fully saturated rings. The molecule has 2 aromatic heterocycles. The van der Waals surface area contributed by atoms with Crippen molar-refractivity contribution in [2.45, 2.75) is 188 Å². The number of fused-ring (bicyclic) bond motifs is 10. The fraction of sp³-hybridized carbons (Fsp3) is 0.244. The van der Waals surface area contributed by atoms with Crippen molar-refractivity contribution in [2.75, 3.05) is 9.80 Å². The van der Waals surface area contributed by atoms with E-state index in [-0.39, 0.29) is 44.6 Å². The molecule has 0 atom stereocenters. The number of nitrogens with zero attached hydrogens (tertiary/aromatic N) is 4. The number of benzene rings is 17. The molecule has 0 aliphatic carbocycles. The quantitative estimate of drug-likeness (QED) is 0.0845. The molecule has 17 aromatic carbocycles. The third kappa shape index (κ3) is 18.2. The average molecular weight is 1820 g/mol. The van der Waals surface area contributed by atoms with Gasteiger partial charge in [0.25, 0.3) is 6.71 Å². The van der Waals surface area contributed by atoms with Gasteiger partial charge in [0, 0.05) is 77.9 Å². The fourth-order valence-electron chi connectivity index (χ4n) is 22.7. The Hall–Kier alpha value is -14.0. The summed E-state index contributed by atoms with van der Waals surface area (Å²) < 4.78 is 5.19. The van der Waals surface area contributed by atoms with E-state index in [1.54, 1.807) is 0 Å². The van der Waals surface area contributed by atoms with E-state index < -0.39 is 0 Å². The number of rotatable bonds is 17. The zero-order valence-corrected chi connectivity index (χ0v) is 86.0. The predicted molar refractivity (Wildman–Crippen MR) is 606 cm³/mol. The molecular weight excluding hydrogens is 1690 g/mol. The van der Waals surface area contributed by atoms with E-state index in [9.17, 15) is 0 Å². The SMILES string of the molecule is CC(C)(C)Cc1cccc(-c2cc(C(C)(C)C)cc(-c3cccc(CC(C)(C)C)c3)c2N2c3cc(-n4c5ccc(-c6ccccc6)cc5c5cc(-c6ccccc6)ccc54)ccc3B3c4ccc(-n5c6ccc(-c7ccccc7)cc6c6cc(-c7ccccc7)ccc65)cc4N(c4c(-c5cccc(CC(C)(C)C)c5)cc(C(C)(C)C)cc4-c4cccc(CC(C)(C)C)c4)c4cc(CC(C)(C)C)cc2c43)c1. The van der Waals surface area contributed by atoms with Crippen LogP contribution in [0.4, 0.5) is 34.1 Å². The minimum atomic E-state index is -0.332. The van der Waals surface area contributed by atoms with Crippen LogP contribution in [-0.4, -0.2) is 15.8 Å². The molecule has 4 nitrogen and oxygen atoms in total. The van der Waals surface area contributed by atoms with E-state index in [1.165, 1.54) is 177 Å². The van der Waals surface area contributed by atoms with Crippen LogP contribution in [0, 0.1) is 27.1 Å². The number of anilines is 6. The first-order valence-corrected chi connectivity index (χ1v) is 50.9. The number of hydrogen-bond donors (Lipinski definition) is 0. The molecule has 2 aliphatic rings. The number of aromatic nitrogens is 2. The lowest BCUT2D eigenvalue weighted by molar-refractivity contribution is 0.411. The lowest BCUT2D eigenvalue weighted by atomic mass is 9.33. The smallest absolute Gasteiger partial charge is 0.252 e. The van der Waals surface area contributed by atoms with Gasteiger partial charge in [-0.25, -0.2) is 0 Å². The Kier molecular flexibility index (Phi) is 23.2. The summed E-state index contributed by atoms with van der Waals surface area (Å²) in [6.07, 6.45) is 4.43. The molecule has 2 aliphatic heterocycles. The monoisotopic (exact) mass is 1820 g/mol. The Bertz CT molecular complexity index is 7210. The first-order chi connectivity index (χ1) is 66.7. The van der Waals surface area contributed by atoms with Gasteiger partial charge >= 0.3 is 0 Å². The van der Waals surface area contributed by atoms with Gasteiger partial charge in [-0.2, -0.15) is 0 Å². The second kappa shape index (κ2) is 35.1. The molecular formula is C135H133BN4. The Morgan fingerprint density at radius 2 is 0.450 bits per heavy atom. The fourth-order valence-corrected chi connectivity index (χ4v) is 22.7. The van der Waals surface area contributed by atoms with Crippen LogP contribution >= 0.6 is 0 Å². The normalized spacial score (nSPS) is 13.1. The van der Waals surface area contributed by atoms with Crippen LogP contribution in [0.5, 0.6) is 0 Å². The van der Waals surface area contributed by atoms with Crippen LogP contribution in [-0.2, 0) is 42.9 Å². The van der Waals surface area contributed by atoms with Crippen molar-refractivity contribution in [3.8, 4) is 100 Å². The van der Waals surface area contributed by atoms with Gasteiger partial charge in [0.1, 0.15) is 0 Å². The van der Waals surface area contributed by atoms with Crippen LogP contribution in [0.3, 0.4) is 0 Å². The van der Waals surface area contributed by atoms with Crippen molar-refractivity contribution >= 4 is 101 Å².